The Hall–Kier alpha value is -3.76. The van der Waals surface area contributed by atoms with Gasteiger partial charge in [0.15, 0.2) is 0 Å². The summed E-state index contributed by atoms with van der Waals surface area (Å²) >= 11 is 7.21. The van der Waals surface area contributed by atoms with Crippen LogP contribution in [0.4, 0.5) is 0 Å². The first-order chi connectivity index (χ1) is 16.3. The summed E-state index contributed by atoms with van der Waals surface area (Å²) in [4.78, 5) is 48.1. The van der Waals surface area contributed by atoms with Crippen molar-refractivity contribution in [3.05, 3.63) is 90.5 Å². The van der Waals surface area contributed by atoms with Crippen molar-refractivity contribution in [1.82, 2.24) is 9.99 Å². The van der Waals surface area contributed by atoms with Crippen LogP contribution in [0.2, 0.25) is 5.15 Å². The van der Waals surface area contributed by atoms with Gasteiger partial charge in [0, 0.05) is 5.56 Å². The molecule has 2 aromatic carbocycles. The standard InChI is InChI=1S/C23H20ClN3O6S/c1-3-33-22(30)16-9-7-15(8-10-16)20(28)26-25-12-18-19(24)27(23(31)34-18)13-14-5-4-6-17(11-14)21(29)32-2/h4-12H,3,13H2,1-2H3,(H,26,28). The molecule has 0 fully saturated rings. The molecule has 3 aromatic rings. The molecule has 0 aliphatic carbocycles. The second-order valence-corrected chi connectivity index (χ2v) is 8.15. The van der Waals surface area contributed by atoms with Crippen molar-refractivity contribution < 1.29 is 23.9 Å². The van der Waals surface area contributed by atoms with E-state index in [-0.39, 0.29) is 28.7 Å². The minimum atomic E-state index is -0.505. The first kappa shape index (κ1) is 24.9. The van der Waals surface area contributed by atoms with Crippen molar-refractivity contribution >= 4 is 47.0 Å². The SMILES string of the molecule is CCOC(=O)c1ccc(C(=O)NN=Cc2sc(=O)n(Cc3cccc(C(=O)OC)c3)c2Cl)cc1. The van der Waals surface area contributed by atoms with E-state index >= 15 is 0 Å². The van der Waals surface area contributed by atoms with Crippen molar-refractivity contribution in [2.24, 2.45) is 5.10 Å². The fraction of sp³-hybridized carbons (Fsp3) is 0.174. The van der Waals surface area contributed by atoms with Crippen LogP contribution in [0.5, 0.6) is 0 Å². The fourth-order valence-corrected chi connectivity index (χ4v) is 4.01. The number of nitrogens with zero attached hydrogens (tertiary/aromatic N) is 2. The summed E-state index contributed by atoms with van der Waals surface area (Å²) in [7, 11) is 1.29. The Kier molecular flexibility index (Phi) is 8.34. The van der Waals surface area contributed by atoms with E-state index in [0.717, 1.165) is 11.3 Å². The van der Waals surface area contributed by atoms with E-state index in [1.165, 1.54) is 42.2 Å². The number of aromatic nitrogens is 1. The number of hydrazone groups is 1. The van der Waals surface area contributed by atoms with E-state index in [2.05, 4.69) is 10.5 Å². The summed E-state index contributed by atoms with van der Waals surface area (Å²) in [6.45, 7) is 2.11. The van der Waals surface area contributed by atoms with E-state index in [4.69, 9.17) is 21.1 Å². The number of hydrogen-bond acceptors (Lipinski definition) is 8. The Bertz CT molecular complexity index is 1300. The van der Waals surface area contributed by atoms with Crippen LogP contribution in [0.3, 0.4) is 0 Å². The lowest BCUT2D eigenvalue weighted by molar-refractivity contribution is 0.0525. The zero-order valence-corrected chi connectivity index (χ0v) is 19.8. The van der Waals surface area contributed by atoms with Gasteiger partial charge in [-0.1, -0.05) is 35.1 Å². The number of thiazole rings is 1. The lowest BCUT2D eigenvalue weighted by Gasteiger charge is -2.06. The molecular formula is C23H20ClN3O6S. The van der Waals surface area contributed by atoms with Gasteiger partial charge in [-0.15, -0.1) is 0 Å². The molecule has 1 amide bonds. The molecule has 0 bridgehead atoms. The molecule has 0 atom stereocenters. The molecule has 0 aliphatic heterocycles. The predicted octanol–water partition coefficient (Wildman–Crippen LogP) is 3.34. The quantitative estimate of drug-likeness (QED) is 0.287. The van der Waals surface area contributed by atoms with E-state index in [9.17, 15) is 19.2 Å². The number of hydrogen-bond donors (Lipinski definition) is 1. The Morgan fingerprint density at radius 3 is 2.47 bits per heavy atom. The van der Waals surface area contributed by atoms with Gasteiger partial charge in [0.25, 0.3) is 5.91 Å². The van der Waals surface area contributed by atoms with Crippen LogP contribution in [-0.2, 0) is 16.0 Å². The highest BCUT2D eigenvalue weighted by Crippen LogP contribution is 2.19. The molecule has 176 valence electrons. The first-order valence-corrected chi connectivity index (χ1v) is 11.2. The molecule has 1 aromatic heterocycles. The Balaban J connectivity index is 1.68. The number of esters is 2. The minimum Gasteiger partial charge on any atom is -0.465 e. The Morgan fingerprint density at radius 2 is 1.79 bits per heavy atom. The highest BCUT2D eigenvalue weighted by Gasteiger charge is 2.14. The molecule has 11 heteroatoms. The van der Waals surface area contributed by atoms with Gasteiger partial charge in [-0.3, -0.25) is 14.2 Å². The van der Waals surface area contributed by atoms with E-state index in [1.54, 1.807) is 31.2 Å². The third-order valence-electron chi connectivity index (χ3n) is 4.55. The molecule has 1 heterocycles. The third kappa shape index (κ3) is 5.97. The summed E-state index contributed by atoms with van der Waals surface area (Å²) < 4.78 is 10.9. The van der Waals surface area contributed by atoms with Crippen LogP contribution < -0.4 is 10.3 Å². The second kappa shape index (κ2) is 11.4. The number of amides is 1. The summed E-state index contributed by atoms with van der Waals surface area (Å²) in [6.07, 6.45) is 1.28. The van der Waals surface area contributed by atoms with E-state index < -0.39 is 17.8 Å². The van der Waals surface area contributed by atoms with Crippen LogP contribution in [0.15, 0.2) is 58.4 Å². The number of halogens is 1. The Labute approximate surface area is 203 Å². The van der Waals surface area contributed by atoms with Gasteiger partial charge in [0.05, 0.1) is 42.5 Å². The molecule has 3 rings (SSSR count). The highest BCUT2D eigenvalue weighted by molar-refractivity contribution is 7.11. The number of rotatable bonds is 8. The van der Waals surface area contributed by atoms with Crippen LogP contribution in [0.1, 0.15) is 48.4 Å². The molecule has 34 heavy (non-hydrogen) atoms. The minimum absolute atomic E-state index is 0.145. The monoisotopic (exact) mass is 501 g/mol. The fourth-order valence-electron chi connectivity index (χ4n) is 2.90. The predicted molar refractivity (Wildman–Crippen MR) is 128 cm³/mol. The Morgan fingerprint density at radius 1 is 1.09 bits per heavy atom. The molecule has 0 radical (unpaired) electrons. The first-order valence-electron chi connectivity index (χ1n) is 10.0. The van der Waals surface area contributed by atoms with Crippen molar-refractivity contribution in [3.63, 3.8) is 0 Å². The summed E-state index contributed by atoms with van der Waals surface area (Å²) in [6, 6.07) is 12.6. The van der Waals surface area contributed by atoms with Gasteiger partial charge in [0.2, 0.25) is 0 Å². The zero-order valence-electron chi connectivity index (χ0n) is 18.2. The molecule has 0 saturated carbocycles. The van der Waals surface area contributed by atoms with Gasteiger partial charge >= 0.3 is 16.8 Å². The number of nitrogens with one attached hydrogen (secondary N) is 1. The van der Waals surface area contributed by atoms with Crippen LogP contribution in [0.25, 0.3) is 0 Å². The molecule has 1 N–H and O–H groups in total. The normalized spacial score (nSPS) is 10.8. The summed E-state index contributed by atoms with van der Waals surface area (Å²) in [5.41, 5.74) is 4.02. The van der Waals surface area contributed by atoms with Gasteiger partial charge in [-0.2, -0.15) is 5.10 Å². The number of carbonyl (C=O) groups excluding carboxylic acids is 3. The van der Waals surface area contributed by atoms with Crippen molar-refractivity contribution in [2.45, 2.75) is 13.5 Å². The smallest absolute Gasteiger partial charge is 0.338 e. The van der Waals surface area contributed by atoms with Crippen molar-refractivity contribution in [3.8, 4) is 0 Å². The van der Waals surface area contributed by atoms with E-state index in [1.807, 2.05) is 0 Å². The molecule has 0 saturated heterocycles. The van der Waals surface area contributed by atoms with Gasteiger partial charge in [-0.25, -0.2) is 15.0 Å². The zero-order chi connectivity index (χ0) is 24.7. The summed E-state index contributed by atoms with van der Waals surface area (Å²) in [5.74, 6) is -1.46. The van der Waals surface area contributed by atoms with Gasteiger partial charge in [0.1, 0.15) is 5.15 Å². The van der Waals surface area contributed by atoms with Gasteiger partial charge in [-0.05, 0) is 48.9 Å². The van der Waals surface area contributed by atoms with Crippen molar-refractivity contribution in [2.75, 3.05) is 13.7 Å². The maximum atomic E-state index is 12.4. The van der Waals surface area contributed by atoms with Crippen molar-refractivity contribution in [1.29, 1.82) is 0 Å². The molecule has 9 nitrogen and oxygen atoms in total. The number of methoxy groups -OCH3 is 1. The largest absolute Gasteiger partial charge is 0.465 e. The maximum Gasteiger partial charge on any atom is 0.338 e. The topological polar surface area (TPSA) is 116 Å². The van der Waals surface area contributed by atoms with Crippen LogP contribution >= 0.6 is 22.9 Å². The lowest BCUT2D eigenvalue weighted by Crippen LogP contribution is -2.17. The number of carbonyl (C=O) groups is 3. The maximum absolute atomic E-state index is 12.4. The van der Waals surface area contributed by atoms with Crippen LogP contribution in [0, 0.1) is 0 Å². The average molecular weight is 502 g/mol. The molecule has 0 spiro atoms. The van der Waals surface area contributed by atoms with E-state index in [0.29, 0.717) is 21.6 Å². The number of benzene rings is 2. The highest BCUT2D eigenvalue weighted by atomic mass is 35.5. The summed E-state index contributed by atoms with van der Waals surface area (Å²) in [5, 5.41) is 4.02. The number of ether oxygens (including phenoxy) is 2. The third-order valence-corrected chi connectivity index (χ3v) is 5.99. The lowest BCUT2D eigenvalue weighted by atomic mass is 10.1. The molecule has 0 aliphatic rings. The van der Waals surface area contributed by atoms with Crippen LogP contribution in [-0.4, -0.2) is 42.3 Å². The molecular weight excluding hydrogens is 482 g/mol. The molecule has 0 unspecified atom stereocenters. The second-order valence-electron chi connectivity index (χ2n) is 6.80. The van der Waals surface area contributed by atoms with Gasteiger partial charge < -0.3 is 9.47 Å². The average Bonchev–Trinajstić information content (AvgIpc) is 3.11.